The molecule has 2 aromatic carbocycles. The molecule has 0 radical (unpaired) electrons. The summed E-state index contributed by atoms with van der Waals surface area (Å²) in [5.74, 6) is -0.635. The quantitative estimate of drug-likeness (QED) is 0.628. The highest BCUT2D eigenvalue weighted by Crippen LogP contribution is 2.36. The van der Waals surface area contributed by atoms with E-state index in [4.69, 9.17) is 0 Å². The van der Waals surface area contributed by atoms with Gasteiger partial charge in [0.2, 0.25) is 0 Å². The van der Waals surface area contributed by atoms with Crippen molar-refractivity contribution in [3.8, 4) is 0 Å². The molecule has 9 heteroatoms. The maximum atomic E-state index is 13.1. The number of carbonyl (C=O) groups excluding carboxylic acids is 1. The van der Waals surface area contributed by atoms with Gasteiger partial charge in [0.15, 0.2) is 0 Å². The molecule has 1 heterocycles. The Bertz CT molecular complexity index is 860. The molecule has 0 unspecified atom stereocenters. The average Bonchev–Trinajstić information content (AvgIpc) is 3.15. The first-order valence-electron chi connectivity index (χ1n) is 8.28. The second-order valence-corrected chi connectivity index (χ2v) is 6.18. The van der Waals surface area contributed by atoms with Crippen LogP contribution in [0.5, 0.6) is 0 Å². The third-order valence-corrected chi connectivity index (χ3v) is 4.36. The van der Waals surface area contributed by atoms with E-state index >= 15 is 0 Å². The molecule has 1 N–H and O–H groups in total. The summed E-state index contributed by atoms with van der Waals surface area (Å²) >= 11 is 0. The third-order valence-electron chi connectivity index (χ3n) is 4.36. The van der Waals surface area contributed by atoms with Crippen molar-refractivity contribution >= 4 is 23.0 Å². The molecule has 0 aliphatic carbocycles. The Morgan fingerprint density at radius 3 is 2.26 bits per heavy atom. The molecule has 1 fully saturated rings. The lowest BCUT2D eigenvalue weighted by Crippen LogP contribution is -2.22. The number of amides is 1. The molecule has 1 saturated heterocycles. The second-order valence-electron chi connectivity index (χ2n) is 6.18. The van der Waals surface area contributed by atoms with Gasteiger partial charge in [-0.3, -0.25) is 14.9 Å². The van der Waals surface area contributed by atoms with Crippen LogP contribution >= 0.6 is 0 Å². The fraction of sp³-hybridized carbons (Fsp3) is 0.278. The first-order valence-corrected chi connectivity index (χ1v) is 8.28. The van der Waals surface area contributed by atoms with Crippen molar-refractivity contribution < 1.29 is 22.9 Å². The van der Waals surface area contributed by atoms with E-state index in [0.29, 0.717) is 18.8 Å². The van der Waals surface area contributed by atoms with E-state index in [9.17, 15) is 28.1 Å². The normalized spacial score (nSPS) is 14.3. The first kappa shape index (κ1) is 18.7. The summed E-state index contributed by atoms with van der Waals surface area (Å²) in [6.45, 7) is 1.40. The highest BCUT2D eigenvalue weighted by atomic mass is 19.4. The Morgan fingerprint density at radius 2 is 1.70 bits per heavy atom. The minimum atomic E-state index is -4.53. The number of rotatable bonds is 4. The number of non-ortho nitro benzene ring substituents is 1. The van der Waals surface area contributed by atoms with Crippen LogP contribution in [0.4, 0.5) is 30.2 Å². The summed E-state index contributed by atoms with van der Waals surface area (Å²) < 4.78 is 39.2. The Labute approximate surface area is 152 Å². The third kappa shape index (κ3) is 4.18. The summed E-state index contributed by atoms with van der Waals surface area (Å²) in [5, 5.41) is 13.2. The van der Waals surface area contributed by atoms with Crippen LogP contribution in [0.15, 0.2) is 42.5 Å². The monoisotopic (exact) mass is 379 g/mol. The summed E-state index contributed by atoms with van der Waals surface area (Å²) in [5.41, 5.74) is -0.330. The smallest absolute Gasteiger partial charge is 0.370 e. The summed E-state index contributed by atoms with van der Waals surface area (Å²) in [6.07, 6.45) is -2.68. The van der Waals surface area contributed by atoms with Gasteiger partial charge in [-0.1, -0.05) is 0 Å². The fourth-order valence-corrected chi connectivity index (χ4v) is 2.98. The standard InChI is InChI=1S/C18H16F3N3O3/c19-18(20,21)13-5-8-16(23-9-1-2-10-23)15(11-13)22-17(25)12-3-6-14(7-4-12)24(26)27/h3-8,11H,1-2,9-10H2,(H,22,25). The number of nitro benzene ring substituents is 1. The highest BCUT2D eigenvalue weighted by Gasteiger charge is 2.32. The molecule has 2 aromatic rings. The fourth-order valence-electron chi connectivity index (χ4n) is 2.98. The number of hydrogen-bond acceptors (Lipinski definition) is 4. The Morgan fingerprint density at radius 1 is 1.07 bits per heavy atom. The Kier molecular flexibility index (Phi) is 5.02. The second kappa shape index (κ2) is 7.26. The van der Waals surface area contributed by atoms with E-state index in [-0.39, 0.29) is 16.9 Å². The van der Waals surface area contributed by atoms with E-state index in [1.54, 1.807) is 0 Å². The van der Waals surface area contributed by atoms with Crippen molar-refractivity contribution in [3.63, 3.8) is 0 Å². The molecule has 142 valence electrons. The molecule has 0 aromatic heterocycles. The highest BCUT2D eigenvalue weighted by molar-refractivity contribution is 6.06. The number of nitro groups is 1. The van der Waals surface area contributed by atoms with E-state index in [2.05, 4.69) is 5.32 Å². The number of nitrogens with one attached hydrogen (secondary N) is 1. The lowest BCUT2D eigenvalue weighted by atomic mass is 10.1. The van der Waals surface area contributed by atoms with Gasteiger partial charge in [0.25, 0.3) is 11.6 Å². The van der Waals surface area contributed by atoms with Crippen molar-refractivity contribution in [2.45, 2.75) is 19.0 Å². The Balaban J connectivity index is 1.90. The van der Waals surface area contributed by atoms with Crippen LogP contribution in [0.1, 0.15) is 28.8 Å². The molecule has 27 heavy (non-hydrogen) atoms. The predicted octanol–water partition coefficient (Wildman–Crippen LogP) is 4.47. The number of hydrogen-bond donors (Lipinski definition) is 1. The topological polar surface area (TPSA) is 75.5 Å². The van der Waals surface area contributed by atoms with Gasteiger partial charge in [-0.05, 0) is 43.2 Å². The predicted molar refractivity (Wildman–Crippen MR) is 93.9 cm³/mol. The van der Waals surface area contributed by atoms with Gasteiger partial charge in [-0.2, -0.15) is 13.2 Å². The summed E-state index contributed by atoms with van der Waals surface area (Å²) in [6, 6.07) is 8.13. The average molecular weight is 379 g/mol. The van der Waals surface area contributed by atoms with E-state index in [1.165, 1.54) is 30.3 Å². The van der Waals surface area contributed by atoms with Gasteiger partial charge in [0, 0.05) is 30.8 Å². The van der Waals surface area contributed by atoms with Gasteiger partial charge < -0.3 is 10.2 Å². The lowest BCUT2D eigenvalue weighted by molar-refractivity contribution is -0.384. The first-order chi connectivity index (χ1) is 12.8. The maximum absolute atomic E-state index is 13.1. The summed E-state index contributed by atoms with van der Waals surface area (Å²) in [7, 11) is 0. The molecule has 1 aliphatic heterocycles. The van der Waals surface area contributed by atoms with Crippen LogP contribution in [0.3, 0.4) is 0 Å². The molecular formula is C18H16F3N3O3. The number of benzene rings is 2. The van der Waals surface area contributed by atoms with Gasteiger partial charge in [-0.15, -0.1) is 0 Å². The van der Waals surface area contributed by atoms with E-state index in [0.717, 1.165) is 25.0 Å². The largest absolute Gasteiger partial charge is 0.416 e. The number of carbonyl (C=O) groups is 1. The minimum absolute atomic E-state index is 0.0649. The van der Waals surface area contributed by atoms with Gasteiger partial charge in [0.1, 0.15) is 0 Å². The van der Waals surface area contributed by atoms with Crippen molar-refractivity contribution in [1.82, 2.24) is 0 Å². The molecule has 1 amide bonds. The number of alkyl halides is 3. The zero-order valence-corrected chi connectivity index (χ0v) is 14.1. The van der Waals surface area contributed by atoms with Crippen LogP contribution in [-0.2, 0) is 6.18 Å². The molecule has 0 bridgehead atoms. The Hall–Kier alpha value is -3.10. The number of anilines is 2. The van der Waals surface area contributed by atoms with E-state index in [1.807, 2.05) is 4.90 Å². The van der Waals surface area contributed by atoms with Crippen LogP contribution in [0.2, 0.25) is 0 Å². The van der Waals surface area contributed by atoms with Gasteiger partial charge >= 0.3 is 6.18 Å². The SMILES string of the molecule is O=C(Nc1cc(C(F)(F)F)ccc1N1CCCC1)c1ccc([N+](=O)[O-])cc1. The van der Waals surface area contributed by atoms with E-state index < -0.39 is 22.6 Å². The van der Waals surface area contributed by atoms with Crippen molar-refractivity contribution in [3.05, 3.63) is 63.7 Å². The molecule has 0 saturated carbocycles. The molecular weight excluding hydrogens is 363 g/mol. The van der Waals surface area contributed by atoms with Crippen LogP contribution < -0.4 is 10.2 Å². The van der Waals surface area contributed by atoms with Gasteiger partial charge in [0.05, 0.1) is 21.9 Å². The van der Waals surface area contributed by atoms with Crippen molar-refractivity contribution in [1.29, 1.82) is 0 Å². The molecule has 0 atom stereocenters. The van der Waals surface area contributed by atoms with Crippen molar-refractivity contribution in [2.24, 2.45) is 0 Å². The molecule has 6 nitrogen and oxygen atoms in total. The zero-order chi connectivity index (χ0) is 19.6. The molecule has 1 aliphatic rings. The van der Waals surface area contributed by atoms with Crippen molar-refractivity contribution in [2.75, 3.05) is 23.3 Å². The van der Waals surface area contributed by atoms with Gasteiger partial charge in [-0.25, -0.2) is 0 Å². The minimum Gasteiger partial charge on any atom is -0.370 e. The lowest BCUT2D eigenvalue weighted by Gasteiger charge is -2.23. The van der Waals surface area contributed by atoms with Crippen LogP contribution in [-0.4, -0.2) is 23.9 Å². The van der Waals surface area contributed by atoms with Crippen LogP contribution in [0.25, 0.3) is 0 Å². The number of nitrogens with zero attached hydrogens (tertiary/aromatic N) is 2. The molecule has 3 rings (SSSR count). The maximum Gasteiger partial charge on any atom is 0.416 e. The molecule has 0 spiro atoms. The number of halogens is 3. The zero-order valence-electron chi connectivity index (χ0n) is 14.1. The summed E-state index contributed by atoms with van der Waals surface area (Å²) in [4.78, 5) is 24.5. The van der Waals surface area contributed by atoms with Crippen LogP contribution in [0, 0.1) is 10.1 Å².